The van der Waals surface area contributed by atoms with Gasteiger partial charge in [-0.15, -0.1) is 12.4 Å². The molecule has 18 heavy (non-hydrogen) atoms. The number of rotatable bonds is 5. The van der Waals surface area contributed by atoms with Crippen LogP contribution in [0.3, 0.4) is 0 Å². The molecule has 0 aliphatic heterocycles. The van der Waals surface area contributed by atoms with Crippen molar-refractivity contribution in [2.75, 3.05) is 6.61 Å². The van der Waals surface area contributed by atoms with Crippen molar-refractivity contribution < 1.29 is 13.9 Å². The highest BCUT2D eigenvalue weighted by molar-refractivity contribution is 5.85. The number of benzene rings is 1. The summed E-state index contributed by atoms with van der Waals surface area (Å²) < 4.78 is 18.2. The first-order valence-corrected chi connectivity index (χ1v) is 5.43. The van der Waals surface area contributed by atoms with E-state index in [1.165, 1.54) is 12.1 Å². The molecule has 0 aromatic heterocycles. The minimum absolute atomic E-state index is 0. The van der Waals surface area contributed by atoms with Crippen LogP contribution in [0.4, 0.5) is 4.39 Å². The van der Waals surface area contributed by atoms with Crippen LogP contribution in [-0.4, -0.2) is 24.6 Å². The number of carbonyl (C=O) groups is 1. The molecule has 0 saturated carbocycles. The minimum Gasteiger partial charge on any atom is -0.491 e. The number of amides is 1. The average molecular weight is 277 g/mol. The van der Waals surface area contributed by atoms with E-state index >= 15 is 0 Å². The van der Waals surface area contributed by atoms with Crippen molar-refractivity contribution in [1.82, 2.24) is 5.32 Å². The van der Waals surface area contributed by atoms with Gasteiger partial charge in [0.15, 0.2) is 0 Å². The first-order chi connectivity index (χ1) is 7.99. The fourth-order valence-corrected chi connectivity index (χ4v) is 1.19. The Bertz CT molecular complexity index is 388. The van der Waals surface area contributed by atoms with E-state index in [1.807, 2.05) is 0 Å². The first-order valence-electron chi connectivity index (χ1n) is 5.43. The first kappa shape index (κ1) is 16.7. The summed E-state index contributed by atoms with van der Waals surface area (Å²) in [6.07, 6.45) is 0. The third-order valence-corrected chi connectivity index (χ3v) is 2.10. The molecule has 3 N–H and O–H groups in total. The summed E-state index contributed by atoms with van der Waals surface area (Å²) in [5.74, 6) is -0.151. The molecular weight excluding hydrogens is 259 g/mol. The molecule has 1 rings (SSSR count). The summed E-state index contributed by atoms with van der Waals surface area (Å²) in [6.45, 7) is 3.66. The largest absolute Gasteiger partial charge is 0.491 e. The smallest absolute Gasteiger partial charge is 0.236 e. The highest BCUT2D eigenvalue weighted by Gasteiger charge is 2.11. The zero-order valence-electron chi connectivity index (χ0n) is 10.4. The van der Waals surface area contributed by atoms with Gasteiger partial charge in [-0.05, 0) is 26.0 Å². The Hall–Kier alpha value is -1.33. The van der Waals surface area contributed by atoms with Gasteiger partial charge in [0.25, 0.3) is 0 Å². The number of hydrogen-bond acceptors (Lipinski definition) is 3. The molecule has 102 valence electrons. The predicted molar refractivity (Wildman–Crippen MR) is 70.4 cm³/mol. The third kappa shape index (κ3) is 5.84. The molecular formula is C12H18ClFN2O2. The summed E-state index contributed by atoms with van der Waals surface area (Å²) in [6, 6.07) is 5.12. The second-order valence-corrected chi connectivity index (χ2v) is 3.97. The lowest BCUT2D eigenvalue weighted by molar-refractivity contribution is -0.122. The van der Waals surface area contributed by atoms with E-state index in [1.54, 1.807) is 26.0 Å². The Labute approximate surface area is 112 Å². The number of ether oxygens (including phenoxy) is 1. The van der Waals surface area contributed by atoms with Crippen LogP contribution in [-0.2, 0) is 4.79 Å². The van der Waals surface area contributed by atoms with Crippen LogP contribution in [0.1, 0.15) is 13.8 Å². The van der Waals surface area contributed by atoms with Crippen LogP contribution in [0.25, 0.3) is 0 Å². The molecule has 0 radical (unpaired) electrons. The minimum atomic E-state index is -0.549. The maximum atomic E-state index is 12.8. The SMILES string of the molecule is CC(COc1cccc(F)c1)NC(=O)[C@@H](C)N.Cl. The molecule has 4 nitrogen and oxygen atoms in total. The number of hydrogen-bond donors (Lipinski definition) is 2. The van der Waals surface area contributed by atoms with Gasteiger partial charge in [0.2, 0.25) is 5.91 Å². The number of carbonyl (C=O) groups excluding carboxylic acids is 1. The van der Waals surface area contributed by atoms with Crippen LogP contribution in [0, 0.1) is 5.82 Å². The van der Waals surface area contributed by atoms with Crippen molar-refractivity contribution in [2.24, 2.45) is 5.73 Å². The normalized spacial score (nSPS) is 13.1. The summed E-state index contributed by atoms with van der Waals surface area (Å²) in [5, 5.41) is 2.68. The Morgan fingerprint density at radius 1 is 1.50 bits per heavy atom. The van der Waals surface area contributed by atoms with Crippen molar-refractivity contribution in [1.29, 1.82) is 0 Å². The topological polar surface area (TPSA) is 64.3 Å². The van der Waals surface area contributed by atoms with Gasteiger partial charge in [-0.25, -0.2) is 4.39 Å². The van der Waals surface area contributed by atoms with Crippen LogP contribution < -0.4 is 15.8 Å². The predicted octanol–water partition coefficient (Wildman–Crippen LogP) is 1.48. The van der Waals surface area contributed by atoms with Crippen LogP contribution >= 0.6 is 12.4 Å². The Kier molecular flexibility index (Phi) is 7.31. The van der Waals surface area contributed by atoms with Gasteiger partial charge in [-0.1, -0.05) is 6.07 Å². The zero-order chi connectivity index (χ0) is 12.8. The van der Waals surface area contributed by atoms with Gasteiger partial charge < -0.3 is 15.8 Å². The maximum absolute atomic E-state index is 12.8. The number of nitrogens with one attached hydrogen (secondary N) is 1. The quantitative estimate of drug-likeness (QED) is 0.856. The van der Waals surface area contributed by atoms with E-state index in [4.69, 9.17) is 10.5 Å². The third-order valence-electron chi connectivity index (χ3n) is 2.10. The fourth-order valence-electron chi connectivity index (χ4n) is 1.19. The van der Waals surface area contributed by atoms with Crippen LogP contribution in [0.5, 0.6) is 5.75 Å². The highest BCUT2D eigenvalue weighted by Crippen LogP contribution is 2.11. The van der Waals surface area contributed by atoms with Gasteiger partial charge in [-0.3, -0.25) is 4.79 Å². The molecule has 0 aliphatic carbocycles. The molecule has 2 atom stereocenters. The molecule has 0 spiro atoms. The summed E-state index contributed by atoms with van der Waals surface area (Å²) in [4.78, 5) is 11.3. The van der Waals surface area contributed by atoms with E-state index in [-0.39, 0.29) is 36.8 Å². The molecule has 1 amide bonds. The van der Waals surface area contributed by atoms with Crippen LogP contribution in [0.15, 0.2) is 24.3 Å². The van der Waals surface area contributed by atoms with E-state index < -0.39 is 6.04 Å². The Morgan fingerprint density at radius 2 is 2.17 bits per heavy atom. The second kappa shape index (κ2) is 7.89. The van der Waals surface area contributed by atoms with Gasteiger partial charge in [-0.2, -0.15) is 0 Å². The van der Waals surface area contributed by atoms with Crippen molar-refractivity contribution in [2.45, 2.75) is 25.9 Å². The molecule has 1 aromatic rings. The monoisotopic (exact) mass is 276 g/mol. The molecule has 1 unspecified atom stereocenters. The molecule has 0 saturated heterocycles. The van der Waals surface area contributed by atoms with Crippen LogP contribution in [0.2, 0.25) is 0 Å². The van der Waals surface area contributed by atoms with E-state index in [0.717, 1.165) is 0 Å². The molecule has 6 heteroatoms. The van der Waals surface area contributed by atoms with Crippen molar-refractivity contribution in [3.63, 3.8) is 0 Å². The second-order valence-electron chi connectivity index (χ2n) is 3.97. The number of nitrogens with two attached hydrogens (primary N) is 1. The molecule has 0 bridgehead atoms. The standard InChI is InChI=1S/C12H17FN2O2.ClH/c1-8(15-12(16)9(2)14)7-17-11-5-3-4-10(13)6-11;/h3-6,8-9H,7,14H2,1-2H3,(H,15,16);1H/t8?,9-;/m1./s1. The van der Waals surface area contributed by atoms with Crippen molar-refractivity contribution in [3.05, 3.63) is 30.1 Å². The molecule has 1 aromatic carbocycles. The average Bonchev–Trinajstić information content (AvgIpc) is 2.26. The van der Waals surface area contributed by atoms with Gasteiger partial charge in [0.05, 0.1) is 12.1 Å². The Morgan fingerprint density at radius 3 is 2.72 bits per heavy atom. The summed E-state index contributed by atoms with van der Waals surface area (Å²) >= 11 is 0. The molecule has 0 aliphatic rings. The van der Waals surface area contributed by atoms with Gasteiger partial charge >= 0.3 is 0 Å². The van der Waals surface area contributed by atoms with E-state index in [0.29, 0.717) is 5.75 Å². The summed E-state index contributed by atoms with van der Waals surface area (Å²) in [5.41, 5.74) is 5.41. The fraction of sp³-hybridized carbons (Fsp3) is 0.417. The van der Waals surface area contributed by atoms with Crippen molar-refractivity contribution >= 4 is 18.3 Å². The maximum Gasteiger partial charge on any atom is 0.236 e. The van der Waals surface area contributed by atoms with E-state index in [9.17, 15) is 9.18 Å². The highest BCUT2D eigenvalue weighted by atomic mass is 35.5. The lowest BCUT2D eigenvalue weighted by Gasteiger charge is -2.16. The summed E-state index contributed by atoms with van der Waals surface area (Å²) in [7, 11) is 0. The molecule has 0 fully saturated rings. The lowest BCUT2D eigenvalue weighted by Crippen LogP contribution is -2.44. The van der Waals surface area contributed by atoms with Gasteiger partial charge in [0, 0.05) is 6.07 Å². The zero-order valence-corrected chi connectivity index (χ0v) is 11.2. The molecule has 0 heterocycles. The number of halogens is 2. The van der Waals surface area contributed by atoms with E-state index in [2.05, 4.69) is 5.32 Å². The van der Waals surface area contributed by atoms with Gasteiger partial charge in [0.1, 0.15) is 18.2 Å². The van der Waals surface area contributed by atoms with Crippen molar-refractivity contribution in [3.8, 4) is 5.75 Å². The Balaban J connectivity index is 0.00000289. The lowest BCUT2D eigenvalue weighted by atomic mass is 10.3.